The third-order valence-electron chi connectivity index (χ3n) is 2.12. The van der Waals surface area contributed by atoms with Crippen LogP contribution in [0.3, 0.4) is 0 Å². The summed E-state index contributed by atoms with van der Waals surface area (Å²) in [6.45, 7) is 15.8. The third kappa shape index (κ3) is 3.58. The van der Waals surface area contributed by atoms with Crippen molar-refractivity contribution in [1.29, 1.82) is 0 Å². The average molecular weight is 217 g/mol. The zero-order chi connectivity index (χ0) is 12.6. The molecule has 0 aliphatic carbocycles. The first-order valence-corrected chi connectivity index (χ1v) is 5.83. The second kappa shape index (κ2) is 7.75. The molecule has 1 aromatic rings. The van der Waals surface area contributed by atoms with Crippen LogP contribution in [0.4, 0.5) is 0 Å². The number of allylic oxidation sites excluding steroid dienone is 2. The van der Waals surface area contributed by atoms with Gasteiger partial charge in [0.05, 0.1) is 0 Å². The highest BCUT2D eigenvalue weighted by Crippen LogP contribution is 1.96. The molecule has 1 rings (SSSR count). The Morgan fingerprint density at radius 3 is 2.12 bits per heavy atom. The fourth-order valence-electron chi connectivity index (χ4n) is 1.49. The Morgan fingerprint density at radius 2 is 1.69 bits per heavy atom. The van der Waals surface area contributed by atoms with Gasteiger partial charge in [-0.1, -0.05) is 45.2 Å². The van der Waals surface area contributed by atoms with Gasteiger partial charge >= 0.3 is 0 Å². The van der Waals surface area contributed by atoms with Crippen molar-refractivity contribution < 1.29 is 0 Å². The molecule has 88 valence electrons. The molecule has 0 fully saturated rings. The Kier molecular flexibility index (Phi) is 7.02. The highest BCUT2D eigenvalue weighted by molar-refractivity contribution is 5.40. The average Bonchev–Trinajstić information content (AvgIpc) is 2.66. The molecular weight excluding hydrogens is 194 g/mol. The lowest BCUT2D eigenvalue weighted by atomic mass is 10.3. The summed E-state index contributed by atoms with van der Waals surface area (Å²) in [5.74, 6) is 0. The van der Waals surface area contributed by atoms with Crippen LogP contribution < -0.4 is 10.6 Å². The predicted octanol–water partition coefficient (Wildman–Crippen LogP) is 3.03. The minimum atomic E-state index is 0.466. The van der Waals surface area contributed by atoms with Gasteiger partial charge in [-0.15, -0.1) is 0 Å². The molecule has 0 bridgehead atoms. The van der Waals surface area contributed by atoms with Crippen molar-refractivity contribution in [2.75, 3.05) is 0 Å². The number of hydrogen-bond donors (Lipinski definition) is 0. The van der Waals surface area contributed by atoms with Crippen LogP contribution in [0.1, 0.15) is 33.7 Å². The van der Waals surface area contributed by atoms with E-state index in [0.717, 1.165) is 0 Å². The number of rotatable bonds is 3. The van der Waals surface area contributed by atoms with E-state index in [9.17, 15) is 0 Å². The predicted molar refractivity (Wildman–Crippen MR) is 74.7 cm³/mol. The summed E-state index contributed by atoms with van der Waals surface area (Å²) in [5, 5.41) is 2.38. The summed E-state index contributed by atoms with van der Waals surface area (Å²) in [5.41, 5.74) is 0. The number of nitrogens with zero attached hydrogens (tertiary/aromatic N) is 1. The quantitative estimate of drug-likeness (QED) is 0.733. The monoisotopic (exact) mass is 217 g/mol. The van der Waals surface area contributed by atoms with Crippen LogP contribution in [-0.2, 0) is 0 Å². The highest BCUT2D eigenvalue weighted by Gasteiger charge is 1.98. The molecule has 1 heterocycles. The molecule has 0 spiro atoms. The van der Waals surface area contributed by atoms with Crippen LogP contribution in [0.15, 0.2) is 37.6 Å². The van der Waals surface area contributed by atoms with Gasteiger partial charge in [-0.05, 0) is 31.2 Å². The first kappa shape index (κ1) is 14.5. The molecule has 0 radical (unpaired) electrons. The SMILES string of the molecule is C=C/C=c1/ccn(C(C)C)/c1=C/C=C.CC. The standard InChI is InChI=1S/C13H17N.C2H6/c1-5-7-12-9-10-14(11(3)4)13(12)8-6-2;1-2/h5-11H,1-2H2,3-4H3;1-2H3/b12-7-,13-8+;. The minimum absolute atomic E-state index is 0.466. The van der Waals surface area contributed by atoms with Crippen molar-refractivity contribution in [1.82, 2.24) is 4.57 Å². The lowest BCUT2D eigenvalue weighted by Crippen LogP contribution is -2.29. The van der Waals surface area contributed by atoms with Gasteiger partial charge in [0.1, 0.15) is 0 Å². The van der Waals surface area contributed by atoms with E-state index in [2.05, 4.69) is 43.8 Å². The van der Waals surface area contributed by atoms with E-state index in [0.29, 0.717) is 6.04 Å². The molecule has 0 atom stereocenters. The maximum absolute atomic E-state index is 3.73. The van der Waals surface area contributed by atoms with Crippen molar-refractivity contribution in [3.63, 3.8) is 0 Å². The van der Waals surface area contributed by atoms with Gasteiger partial charge in [-0.3, -0.25) is 0 Å². The Labute approximate surface area is 99.1 Å². The summed E-state index contributed by atoms with van der Waals surface area (Å²) in [6, 6.07) is 2.56. The van der Waals surface area contributed by atoms with Crippen LogP contribution in [0.25, 0.3) is 12.2 Å². The molecule has 0 unspecified atom stereocenters. The molecular formula is C15H23N. The largest absolute Gasteiger partial charge is 0.345 e. The third-order valence-corrected chi connectivity index (χ3v) is 2.12. The molecule has 0 aliphatic rings. The fourth-order valence-corrected chi connectivity index (χ4v) is 1.49. The van der Waals surface area contributed by atoms with E-state index in [1.165, 1.54) is 10.6 Å². The van der Waals surface area contributed by atoms with Gasteiger partial charge < -0.3 is 4.57 Å². The highest BCUT2D eigenvalue weighted by atomic mass is 15.0. The fraction of sp³-hybridized carbons (Fsp3) is 0.333. The zero-order valence-corrected chi connectivity index (χ0v) is 10.9. The molecule has 0 saturated heterocycles. The van der Waals surface area contributed by atoms with Crippen molar-refractivity contribution in [2.24, 2.45) is 0 Å². The smallest absolute Gasteiger partial charge is 0.0482 e. The summed E-state index contributed by atoms with van der Waals surface area (Å²) >= 11 is 0. The molecule has 0 aromatic carbocycles. The van der Waals surface area contributed by atoms with Gasteiger partial charge in [0.25, 0.3) is 0 Å². The van der Waals surface area contributed by atoms with Gasteiger partial charge in [-0.2, -0.15) is 0 Å². The lowest BCUT2D eigenvalue weighted by Gasteiger charge is -2.06. The maximum Gasteiger partial charge on any atom is 0.0482 e. The second-order valence-electron chi connectivity index (χ2n) is 3.46. The molecule has 1 heteroatoms. The molecule has 0 amide bonds. The lowest BCUT2D eigenvalue weighted by molar-refractivity contribution is 0.588. The van der Waals surface area contributed by atoms with E-state index in [1.807, 2.05) is 32.1 Å². The van der Waals surface area contributed by atoms with E-state index < -0.39 is 0 Å². The van der Waals surface area contributed by atoms with Crippen molar-refractivity contribution >= 4 is 12.2 Å². The van der Waals surface area contributed by atoms with Crippen LogP contribution in [0.2, 0.25) is 0 Å². The molecule has 0 saturated carbocycles. The molecule has 1 nitrogen and oxygen atoms in total. The molecule has 0 aliphatic heterocycles. The summed E-state index contributed by atoms with van der Waals surface area (Å²) in [4.78, 5) is 0. The normalized spacial score (nSPS) is 12.3. The first-order chi connectivity index (χ1) is 7.70. The zero-order valence-electron chi connectivity index (χ0n) is 10.9. The van der Waals surface area contributed by atoms with Crippen molar-refractivity contribution in [3.05, 3.63) is 48.1 Å². The Morgan fingerprint density at radius 1 is 1.12 bits per heavy atom. The molecule has 16 heavy (non-hydrogen) atoms. The van der Waals surface area contributed by atoms with E-state index >= 15 is 0 Å². The van der Waals surface area contributed by atoms with Crippen molar-refractivity contribution in [2.45, 2.75) is 33.7 Å². The maximum atomic E-state index is 3.73. The summed E-state index contributed by atoms with van der Waals surface area (Å²) < 4.78 is 2.22. The van der Waals surface area contributed by atoms with E-state index in [4.69, 9.17) is 0 Å². The van der Waals surface area contributed by atoms with Gasteiger partial charge in [0, 0.05) is 17.6 Å². The Balaban J connectivity index is 0.00000106. The van der Waals surface area contributed by atoms with Crippen LogP contribution in [0, 0.1) is 0 Å². The molecule has 0 N–H and O–H groups in total. The van der Waals surface area contributed by atoms with Crippen LogP contribution in [-0.4, -0.2) is 4.57 Å². The van der Waals surface area contributed by atoms with Crippen LogP contribution >= 0.6 is 0 Å². The van der Waals surface area contributed by atoms with Crippen molar-refractivity contribution in [3.8, 4) is 0 Å². The Hall–Kier alpha value is -1.50. The summed E-state index contributed by atoms with van der Waals surface area (Å²) in [6.07, 6.45) is 9.74. The number of aromatic nitrogens is 1. The summed E-state index contributed by atoms with van der Waals surface area (Å²) in [7, 11) is 0. The topological polar surface area (TPSA) is 4.93 Å². The minimum Gasteiger partial charge on any atom is -0.345 e. The van der Waals surface area contributed by atoms with E-state index in [-0.39, 0.29) is 0 Å². The molecule has 1 aromatic heterocycles. The van der Waals surface area contributed by atoms with Gasteiger partial charge in [0.2, 0.25) is 0 Å². The van der Waals surface area contributed by atoms with E-state index in [1.54, 1.807) is 6.08 Å². The van der Waals surface area contributed by atoms with Crippen LogP contribution in [0.5, 0.6) is 0 Å². The van der Waals surface area contributed by atoms with Gasteiger partial charge in [0.15, 0.2) is 0 Å². The first-order valence-electron chi connectivity index (χ1n) is 5.83. The Bertz CT molecular complexity index is 432. The number of hydrogen-bond acceptors (Lipinski definition) is 0. The second-order valence-corrected chi connectivity index (χ2v) is 3.46. The van der Waals surface area contributed by atoms with Gasteiger partial charge in [-0.25, -0.2) is 0 Å².